The van der Waals surface area contributed by atoms with Gasteiger partial charge in [-0.25, -0.2) is 0 Å². The van der Waals surface area contributed by atoms with Gasteiger partial charge >= 0.3 is 0 Å². The predicted molar refractivity (Wildman–Crippen MR) is 68.2 cm³/mol. The first-order valence-corrected chi connectivity index (χ1v) is 5.52. The van der Waals surface area contributed by atoms with Gasteiger partial charge in [0.25, 0.3) is 0 Å². The van der Waals surface area contributed by atoms with Crippen LogP contribution in [0.1, 0.15) is 18.1 Å². The number of rotatable bonds is 5. The molecule has 17 heavy (non-hydrogen) atoms. The lowest BCUT2D eigenvalue weighted by molar-refractivity contribution is -0.116. The molecule has 0 saturated carbocycles. The zero-order chi connectivity index (χ0) is 12.5. The highest BCUT2D eigenvalue weighted by atomic mass is 16.3. The monoisotopic (exact) mass is 231 g/mol. The van der Waals surface area contributed by atoms with Gasteiger partial charge in [-0.1, -0.05) is 42.5 Å². The Bertz CT molecular complexity index is 422. The van der Waals surface area contributed by atoms with Gasteiger partial charge in [-0.05, 0) is 18.1 Å². The van der Waals surface area contributed by atoms with E-state index >= 15 is 0 Å². The van der Waals surface area contributed by atoms with Crippen molar-refractivity contribution < 1.29 is 9.90 Å². The lowest BCUT2D eigenvalue weighted by Crippen LogP contribution is -2.21. The van der Waals surface area contributed by atoms with Gasteiger partial charge in [0.2, 0.25) is 5.91 Å². The fourth-order valence-electron chi connectivity index (χ4n) is 1.38. The molecule has 0 heterocycles. The van der Waals surface area contributed by atoms with Crippen LogP contribution in [0.2, 0.25) is 0 Å². The molecule has 0 aliphatic heterocycles. The highest BCUT2D eigenvalue weighted by Gasteiger charge is 2.01. The second kappa shape index (κ2) is 7.41. The molecule has 0 aromatic heterocycles. The first-order valence-electron chi connectivity index (χ1n) is 5.52. The van der Waals surface area contributed by atoms with Crippen LogP contribution in [0.4, 0.5) is 0 Å². The highest BCUT2D eigenvalue weighted by Crippen LogP contribution is 2.07. The Hall–Kier alpha value is -1.87. The van der Waals surface area contributed by atoms with Crippen molar-refractivity contribution in [1.29, 1.82) is 0 Å². The molecule has 0 radical (unpaired) electrons. The Morgan fingerprint density at radius 3 is 2.65 bits per heavy atom. The summed E-state index contributed by atoms with van der Waals surface area (Å²) in [6.45, 7) is 2.30. The Kier molecular flexibility index (Phi) is 5.75. The summed E-state index contributed by atoms with van der Waals surface area (Å²) in [7, 11) is 0. The fourth-order valence-corrected chi connectivity index (χ4v) is 1.38. The molecule has 0 bridgehead atoms. The molecule has 0 aliphatic carbocycles. The Morgan fingerprint density at radius 2 is 2.00 bits per heavy atom. The highest BCUT2D eigenvalue weighted by molar-refractivity contribution is 5.87. The van der Waals surface area contributed by atoms with E-state index in [-0.39, 0.29) is 12.5 Å². The normalized spacial score (nSPS) is 11.2. The van der Waals surface area contributed by atoms with Crippen molar-refractivity contribution in [3.05, 3.63) is 59.7 Å². The standard InChI is InChI=1S/C14H17NO2/c1-2-3-4-9-14(17)15-10-12-7-5-6-8-13(12)11-16/h2-9,16H,10-11H2,1H3,(H,15,17). The number of carbonyl (C=O) groups is 1. The SMILES string of the molecule is CC=CC=CC(=O)NCc1ccccc1CO. The van der Waals surface area contributed by atoms with Crippen LogP contribution >= 0.6 is 0 Å². The molecular formula is C14H17NO2. The maximum absolute atomic E-state index is 11.4. The van der Waals surface area contributed by atoms with Gasteiger partial charge in [-0.3, -0.25) is 4.79 Å². The minimum absolute atomic E-state index is 0.0134. The molecule has 1 amide bonds. The Balaban J connectivity index is 2.52. The van der Waals surface area contributed by atoms with Gasteiger partial charge in [-0.2, -0.15) is 0 Å². The molecule has 3 heteroatoms. The third kappa shape index (κ3) is 4.66. The topological polar surface area (TPSA) is 49.3 Å². The summed E-state index contributed by atoms with van der Waals surface area (Å²) < 4.78 is 0. The van der Waals surface area contributed by atoms with E-state index in [4.69, 9.17) is 5.11 Å². The molecule has 0 spiro atoms. The summed E-state index contributed by atoms with van der Waals surface area (Å²) in [6, 6.07) is 7.48. The van der Waals surface area contributed by atoms with Gasteiger partial charge in [-0.15, -0.1) is 0 Å². The third-order valence-corrected chi connectivity index (χ3v) is 2.29. The average molecular weight is 231 g/mol. The number of allylic oxidation sites excluding steroid dienone is 3. The molecule has 0 saturated heterocycles. The first-order chi connectivity index (χ1) is 8.27. The summed E-state index contributed by atoms with van der Waals surface area (Å²) in [5, 5.41) is 11.9. The minimum atomic E-state index is -0.143. The molecule has 2 N–H and O–H groups in total. The van der Waals surface area contributed by atoms with E-state index in [0.29, 0.717) is 6.54 Å². The fraction of sp³-hybridized carbons (Fsp3) is 0.214. The quantitative estimate of drug-likeness (QED) is 0.601. The van der Waals surface area contributed by atoms with E-state index in [9.17, 15) is 4.79 Å². The van der Waals surface area contributed by atoms with Crippen molar-refractivity contribution in [3.63, 3.8) is 0 Å². The molecular weight excluding hydrogens is 214 g/mol. The number of benzene rings is 1. The van der Waals surface area contributed by atoms with Gasteiger partial charge in [0.1, 0.15) is 0 Å². The molecule has 1 aromatic carbocycles. The lowest BCUT2D eigenvalue weighted by Gasteiger charge is -2.07. The van der Waals surface area contributed by atoms with Crippen LogP contribution in [0.15, 0.2) is 48.6 Å². The lowest BCUT2D eigenvalue weighted by atomic mass is 10.1. The predicted octanol–water partition coefficient (Wildman–Crippen LogP) is 1.93. The molecule has 1 rings (SSSR count). The zero-order valence-corrected chi connectivity index (χ0v) is 9.89. The number of amides is 1. The van der Waals surface area contributed by atoms with E-state index in [0.717, 1.165) is 11.1 Å². The second-order valence-corrected chi connectivity index (χ2v) is 3.53. The van der Waals surface area contributed by atoms with Crippen molar-refractivity contribution in [2.45, 2.75) is 20.1 Å². The number of hydrogen-bond donors (Lipinski definition) is 2. The molecule has 3 nitrogen and oxygen atoms in total. The van der Waals surface area contributed by atoms with Crippen LogP contribution in [-0.2, 0) is 17.9 Å². The van der Waals surface area contributed by atoms with Crippen LogP contribution < -0.4 is 5.32 Å². The van der Waals surface area contributed by atoms with Crippen LogP contribution in [0.5, 0.6) is 0 Å². The summed E-state index contributed by atoms with van der Waals surface area (Å²) >= 11 is 0. The molecule has 0 aliphatic rings. The van der Waals surface area contributed by atoms with E-state index < -0.39 is 0 Å². The molecule has 90 valence electrons. The van der Waals surface area contributed by atoms with Crippen LogP contribution in [0, 0.1) is 0 Å². The van der Waals surface area contributed by atoms with E-state index in [1.54, 1.807) is 12.2 Å². The third-order valence-electron chi connectivity index (χ3n) is 2.29. The Labute approximate surface area is 101 Å². The molecule has 0 atom stereocenters. The summed E-state index contributed by atoms with van der Waals surface area (Å²) in [6.07, 6.45) is 6.81. The largest absolute Gasteiger partial charge is 0.392 e. The van der Waals surface area contributed by atoms with E-state index in [2.05, 4.69) is 5.32 Å². The van der Waals surface area contributed by atoms with Crippen LogP contribution in [0.25, 0.3) is 0 Å². The number of nitrogens with one attached hydrogen (secondary N) is 1. The van der Waals surface area contributed by atoms with Crippen molar-refractivity contribution in [1.82, 2.24) is 5.32 Å². The molecule has 0 unspecified atom stereocenters. The summed E-state index contributed by atoms with van der Waals surface area (Å²) in [5.41, 5.74) is 1.77. The van der Waals surface area contributed by atoms with Gasteiger partial charge in [0.05, 0.1) is 6.61 Å². The number of aliphatic hydroxyl groups excluding tert-OH is 1. The number of aliphatic hydroxyl groups is 1. The number of hydrogen-bond acceptors (Lipinski definition) is 2. The van der Waals surface area contributed by atoms with Gasteiger partial charge in [0.15, 0.2) is 0 Å². The number of carbonyl (C=O) groups excluding carboxylic acids is 1. The van der Waals surface area contributed by atoms with Gasteiger partial charge < -0.3 is 10.4 Å². The van der Waals surface area contributed by atoms with Gasteiger partial charge in [0, 0.05) is 12.6 Å². The smallest absolute Gasteiger partial charge is 0.244 e. The second-order valence-electron chi connectivity index (χ2n) is 3.53. The minimum Gasteiger partial charge on any atom is -0.392 e. The van der Waals surface area contributed by atoms with E-state index in [1.165, 1.54) is 6.08 Å². The molecule has 1 aromatic rings. The van der Waals surface area contributed by atoms with Crippen molar-refractivity contribution in [2.24, 2.45) is 0 Å². The van der Waals surface area contributed by atoms with Crippen LogP contribution in [-0.4, -0.2) is 11.0 Å². The maximum atomic E-state index is 11.4. The average Bonchev–Trinajstić information content (AvgIpc) is 2.37. The first kappa shape index (κ1) is 13.2. The van der Waals surface area contributed by atoms with Crippen molar-refractivity contribution >= 4 is 5.91 Å². The maximum Gasteiger partial charge on any atom is 0.244 e. The van der Waals surface area contributed by atoms with Crippen molar-refractivity contribution in [2.75, 3.05) is 0 Å². The van der Waals surface area contributed by atoms with Crippen molar-refractivity contribution in [3.8, 4) is 0 Å². The summed E-state index contributed by atoms with van der Waals surface area (Å²) in [4.78, 5) is 11.4. The van der Waals surface area contributed by atoms with Crippen LogP contribution in [0.3, 0.4) is 0 Å². The Morgan fingerprint density at radius 1 is 1.29 bits per heavy atom. The van der Waals surface area contributed by atoms with E-state index in [1.807, 2.05) is 37.3 Å². The molecule has 0 fully saturated rings. The summed E-state index contributed by atoms with van der Waals surface area (Å²) in [5.74, 6) is -0.143. The zero-order valence-electron chi connectivity index (χ0n) is 9.89.